The van der Waals surface area contributed by atoms with Gasteiger partial charge in [0.15, 0.2) is 11.9 Å². The van der Waals surface area contributed by atoms with E-state index in [1.165, 1.54) is 0 Å². The van der Waals surface area contributed by atoms with Crippen LogP contribution in [-0.2, 0) is 44.9 Å². The van der Waals surface area contributed by atoms with Crippen LogP contribution in [0.15, 0.2) is 17.1 Å². The Bertz CT molecular complexity index is 958. The van der Waals surface area contributed by atoms with E-state index in [1.54, 1.807) is 17.1 Å². The zero-order chi connectivity index (χ0) is 24.8. The summed E-state index contributed by atoms with van der Waals surface area (Å²) in [5, 5.41) is 0. The largest absolute Gasteiger partial charge is 0.464 e. The van der Waals surface area contributed by atoms with Gasteiger partial charge in [-0.05, 0) is 54.0 Å². The standard InChI is InChI=1S/C24H33BrN2O8/c1-14-4-5-17-15(2)21(32-22-24(17)16(14)8-9-23(3,33-22)34-35-24)31-20(29)7-6-19(28)30-11-10-27-12-18(25)26-13-27/h12-17,21-22H,4-11H2,1-3H3/t14-,15-,16+,17+,21-,22-,23-,24-/m1/s1. The number of esters is 2. The molecule has 1 aromatic heterocycles. The molecule has 5 aliphatic rings. The molecule has 1 aliphatic carbocycles. The van der Waals surface area contributed by atoms with Crippen molar-refractivity contribution in [3.05, 3.63) is 17.1 Å². The minimum absolute atomic E-state index is 0.0601. The summed E-state index contributed by atoms with van der Waals surface area (Å²) in [4.78, 5) is 40.6. The number of carbonyl (C=O) groups excluding carboxylic acids is 2. The van der Waals surface area contributed by atoms with Crippen molar-refractivity contribution >= 4 is 27.9 Å². The van der Waals surface area contributed by atoms with Crippen molar-refractivity contribution in [1.82, 2.24) is 9.55 Å². The van der Waals surface area contributed by atoms with Gasteiger partial charge >= 0.3 is 11.9 Å². The van der Waals surface area contributed by atoms with Crippen LogP contribution in [0.3, 0.4) is 0 Å². The van der Waals surface area contributed by atoms with Gasteiger partial charge in [-0.15, -0.1) is 0 Å². The monoisotopic (exact) mass is 556 g/mol. The molecule has 8 atom stereocenters. The second-order valence-electron chi connectivity index (χ2n) is 10.4. The van der Waals surface area contributed by atoms with Crippen LogP contribution < -0.4 is 0 Å². The number of carbonyl (C=O) groups is 2. The van der Waals surface area contributed by atoms with Crippen molar-refractivity contribution in [2.45, 2.75) is 89.8 Å². The molecule has 1 aromatic rings. The molecule has 5 fully saturated rings. The molecule has 4 aliphatic heterocycles. The molecule has 11 heteroatoms. The Labute approximate surface area is 213 Å². The van der Waals surface area contributed by atoms with Gasteiger partial charge in [-0.2, -0.15) is 0 Å². The highest BCUT2D eigenvalue weighted by molar-refractivity contribution is 9.10. The van der Waals surface area contributed by atoms with E-state index in [-0.39, 0.29) is 37.2 Å². The van der Waals surface area contributed by atoms with Crippen LogP contribution in [-0.4, -0.2) is 52.1 Å². The Balaban J connectivity index is 1.16. The third-order valence-corrected chi connectivity index (χ3v) is 8.50. The predicted molar refractivity (Wildman–Crippen MR) is 123 cm³/mol. The van der Waals surface area contributed by atoms with Gasteiger partial charge in [0.25, 0.3) is 0 Å². The van der Waals surface area contributed by atoms with E-state index in [9.17, 15) is 9.59 Å². The second-order valence-corrected chi connectivity index (χ2v) is 11.2. The SMILES string of the molecule is C[C@H]1[C@H](OC(=O)CCC(=O)OCCn2cnc(Br)c2)O[C@@H]2O[C@@]3(C)CC[C@H]4[C@H](C)CC[C@@H]1[C@@]24OO3. The third kappa shape index (κ3) is 4.77. The molecular weight excluding hydrogens is 524 g/mol. The van der Waals surface area contributed by atoms with Crippen molar-refractivity contribution in [3.8, 4) is 0 Å². The summed E-state index contributed by atoms with van der Waals surface area (Å²) in [7, 11) is 0. The van der Waals surface area contributed by atoms with Crippen molar-refractivity contribution in [3.63, 3.8) is 0 Å². The maximum Gasteiger partial charge on any atom is 0.308 e. The predicted octanol–water partition coefficient (Wildman–Crippen LogP) is 3.72. The molecular formula is C24H33BrN2O8. The molecule has 0 unspecified atom stereocenters. The smallest absolute Gasteiger partial charge is 0.308 e. The minimum atomic E-state index is -0.886. The molecule has 35 heavy (non-hydrogen) atoms. The third-order valence-electron chi connectivity index (χ3n) is 8.09. The molecule has 0 amide bonds. The number of rotatable bonds is 7. The van der Waals surface area contributed by atoms with Crippen LogP contribution in [0.4, 0.5) is 0 Å². The second kappa shape index (κ2) is 9.74. The molecule has 2 bridgehead atoms. The van der Waals surface area contributed by atoms with Gasteiger partial charge in [0, 0.05) is 24.5 Å². The molecule has 0 radical (unpaired) electrons. The van der Waals surface area contributed by atoms with Crippen LogP contribution in [0.25, 0.3) is 0 Å². The fourth-order valence-electron chi connectivity index (χ4n) is 6.19. The van der Waals surface area contributed by atoms with Crippen molar-refractivity contribution in [2.24, 2.45) is 23.7 Å². The highest BCUT2D eigenvalue weighted by atomic mass is 79.9. The van der Waals surface area contributed by atoms with E-state index < -0.39 is 35.9 Å². The van der Waals surface area contributed by atoms with E-state index in [1.807, 2.05) is 13.8 Å². The number of ether oxygens (including phenoxy) is 4. The Hall–Kier alpha value is -1.53. The molecule has 1 spiro atoms. The van der Waals surface area contributed by atoms with Gasteiger partial charge in [-0.1, -0.05) is 13.8 Å². The first-order chi connectivity index (χ1) is 16.7. The van der Waals surface area contributed by atoms with Crippen LogP contribution >= 0.6 is 15.9 Å². The summed E-state index contributed by atoms with van der Waals surface area (Å²) in [6, 6.07) is 0. The maximum atomic E-state index is 12.6. The summed E-state index contributed by atoms with van der Waals surface area (Å²) in [6.07, 6.45) is 5.46. The highest BCUT2D eigenvalue weighted by Crippen LogP contribution is 2.60. The van der Waals surface area contributed by atoms with Gasteiger partial charge in [0.2, 0.25) is 12.1 Å². The Morgan fingerprint density at radius 3 is 2.74 bits per heavy atom. The minimum Gasteiger partial charge on any atom is -0.464 e. The Kier molecular flexibility index (Phi) is 6.99. The van der Waals surface area contributed by atoms with Crippen LogP contribution in [0.2, 0.25) is 0 Å². The first kappa shape index (κ1) is 25.1. The van der Waals surface area contributed by atoms with E-state index in [0.29, 0.717) is 17.1 Å². The lowest BCUT2D eigenvalue weighted by atomic mass is 9.58. The number of fused-ring (bicyclic) bond motifs is 2. The quantitative estimate of drug-likeness (QED) is 0.366. The van der Waals surface area contributed by atoms with Gasteiger partial charge in [0.1, 0.15) is 11.2 Å². The summed E-state index contributed by atoms with van der Waals surface area (Å²) >= 11 is 3.27. The van der Waals surface area contributed by atoms with Gasteiger partial charge in [-0.3, -0.25) is 9.59 Å². The number of halogens is 1. The number of hydrogen-bond donors (Lipinski definition) is 0. The summed E-state index contributed by atoms with van der Waals surface area (Å²) in [5.41, 5.74) is -0.704. The number of aromatic nitrogens is 2. The Morgan fingerprint density at radius 1 is 1.17 bits per heavy atom. The van der Waals surface area contributed by atoms with Crippen molar-refractivity contribution in [1.29, 1.82) is 0 Å². The fraction of sp³-hybridized carbons (Fsp3) is 0.792. The first-order valence-corrected chi connectivity index (χ1v) is 13.2. The number of nitrogens with zero attached hydrogens (tertiary/aromatic N) is 2. The maximum absolute atomic E-state index is 12.6. The molecule has 1 saturated carbocycles. The molecule has 6 rings (SSSR count). The molecule has 194 valence electrons. The molecule has 4 saturated heterocycles. The lowest BCUT2D eigenvalue weighted by Gasteiger charge is -2.59. The Morgan fingerprint density at radius 2 is 1.97 bits per heavy atom. The highest BCUT2D eigenvalue weighted by Gasteiger charge is 2.69. The zero-order valence-electron chi connectivity index (χ0n) is 20.3. The molecule has 10 nitrogen and oxygen atoms in total. The van der Waals surface area contributed by atoms with Gasteiger partial charge in [-0.25, -0.2) is 14.8 Å². The lowest BCUT2D eigenvalue weighted by molar-refractivity contribution is -0.576. The van der Waals surface area contributed by atoms with Crippen LogP contribution in [0.1, 0.15) is 59.3 Å². The topological polar surface area (TPSA) is 107 Å². The molecule has 5 heterocycles. The first-order valence-electron chi connectivity index (χ1n) is 12.4. The normalized spacial score (nSPS) is 40.0. The van der Waals surface area contributed by atoms with Gasteiger partial charge < -0.3 is 23.5 Å². The van der Waals surface area contributed by atoms with E-state index in [4.69, 9.17) is 28.7 Å². The van der Waals surface area contributed by atoms with Crippen molar-refractivity contribution in [2.75, 3.05) is 6.61 Å². The lowest BCUT2D eigenvalue weighted by Crippen LogP contribution is -2.70. The number of imidazole rings is 1. The summed E-state index contributed by atoms with van der Waals surface area (Å²) in [5.74, 6) is -1.19. The molecule has 0 N–H and O–H groups in total. The average Bonchev–Trinajstić information content (AvgIpc) is 3.09. The van der Waals surface area contributed by atoms with E-state index in [0.717, 1.165) is 25.7 Å². The van der Waals surface area contributed by atoms with Crippen molar-refractivity contribution < 1.29 is 38.3 Å². The van der Waals surface area contributed by atoms with Crippen LogP contribution in [0, 0.1) is 23.7 Å². The van der Waals surface area contributed by atoms with Gasteiger partial charge in [0.05, 0.1) is 25.7 Å². The summed E-state index contributed by atoms with van der Waals surface area (Å²) < 4.78 is 26.0. The fourth-order valence-corrected chi connectivity index (χ4v) is 6.55. The van der Waals surface area contributed by atoms with E-state index >= 15 is 0 Å². The molecule has 0 aromatic carbocycles. The average molecular weight is 557 g/mol. The van der Waals surface area contributed by atoms with Crippen LogP contribution in [0.5, 0.6) is 0 Å². The number of hydrogen-bond acceptors (Lipinski definition) is 9. The summed E-state index contributed by atoms with van der Waals surface area (Å²) in [6.45, 7) is 6.81. The zero-order valence-corrected chi connectivity index (χ0v) is 21.9. The van der Waals surface area contributed by atoms with E-state index in [2.05, 4.69) is 27.8 Å².